The molecule has 0 radical (unpaired) electrons. The summed E-state index contributed by atoms with van der Waals surface area (Å²) in [5.74, 6) is -2.41. The van der Waals surface area contributed by atoms with Gasteiger partial charge >= 0.3 is 0 Å². The monoisotopic (exact) mass is 288 g/mol. The van der Waals surface area contributed by atoms with E-state index in [0.717, 1.165) is 24.6 Å². The first kappa shape index (κ1) is 15.0. The lowest BCUT2D eigenvalue weighted by atomic mass is 9.88. The first-order valence-electron chi connectivity index (χ1n) is 6.75. The van der Waals surface area contributed by atoms with E-state index in [1.54, 1.807) is 0 Å². The van der Waals surface area contributed by atoms with Crippen LogP contribution in [0.5, 0.6) is 11.5 Å². The Balaban J connectivity index is 2.55. The van der Waals surface area contributed by atoms with Gasteiger partial charge in [-0.1, -0.05) is 20.3 Å². The quantitative estimate of drug-likeness (QED) is 0.656. The van der Waals surface area contributed by atoms with Gasteiger partial charge in [0.25, 0.3) is 0 Å². The number of benzene rings is 1. The standard InChI is InChI=1S/C16H16O5/c1-3-8(2)6-12(19)9-7-13(20)14-10(17)4-5-11(18)15(14)16(9)21/h4-5,7-8,20-21H,3,6H2,1-2H3. The highest BCUT2D eigenvalue weighted by atomic mass is 16.3. The van der Waals surface area contributed by atoms with E-state index in [1.807, 2.05) is 13.8 Å². The maximum absolute atomic E-state index is 12.2. The molecule has 1 aromatic rings. The number of hydrogen-bond acceptors (Lipinski definition) is 5. The average molecular weight is 288 g/mol. The minimum atomic E-state index is -0.601. The molecular weight excluding hydrogens is 272 g/mol. The van der Waals surface area contributed by atoms with Crippen LogP contribution < -0.4 is 0 Å². The number of hydrogen-bond donors (Lipinski definition) is 2. The molecule has 2 N–H and O–H groups in total. The van der Waals surface area contributed by atoms with Crippen molar-refractivity contribution >= 4 is 17.3 Å². The number of Topliss-reactive ketones (excluding diaryl/α,β-unsaturated/α-hetero) is 1. The molecular formula is C16H16O5. The molecule has 110 valence electrons. The van der Waals surface area contributed by atoms with Crippen LogP contribution in [-0.4, -0.2) is 27.6 Å². The summed E-state index contributed by atoms with van der Waals surface area (Å²) in [6.07, 6.45) is 3.04. The number of carbonyl (C=O) groups excluding carboxylic acids is 3. The number of aromatic hydroxyl groups is 2. The third-order valence-corrected chi connectivity index (χ3v) is 3.69. The van der Waals surface area contributed by atoms with Gasteiger partial charge in [-0.05, 0) is 24.1 Å². The lowest BCUT2D eigenvalue weighted by Gasteiger charge is -2.16. The minimum Gasteiger partial charge on any atom is -0.507 e. The van der Waals surface area contributed by atoms with Crippen LogP contribution in [-0.2, 0) is 0 Å². The second-order valence-corrected chi connectivity index (χ2v) is 5.24. The lowest BCUT2D eigenvalue weighted by Crippen LogP contribution is -2.15. The van der Waals surface area contributed by atoms with Gasteiger partial charge in [-0.25, -0.2) is 0 Å². The van der Waals surface area contributed by atoms with Gasteiger partial charge in [0.05, 0.1) is 16.7 Å². The zero-order valence-corrected chi connectivity index (χ0v) is 11.8. The third kappa shape index (κ3) is 2.59. The van der Waals surface area contributed by atoms with Gasteiger partial charge in [0.2, 0.25) is 0 Å². The highest BCUT2D eigenvalue weighted by molar-refractivity contribution is 6.25. The Morgan fingerprint density at radius 2 is 1.71 bits per heavy atom. The Morgan fingerprint density at radius 3 is 2.29 bits per heavy atom. The first-order chi connectivity index (χ1) is 9.86. The molecule has 0 saturated carbocycles. The van der Waals surface area contributed by atoms with E-state index >= 15 is 0 Å². The van der Waals surface area contributed by atoms with Crippen molar-refractivity contribution in [3.8, 4) is 11.5 Å². The normalized spacial score (nSPS) is 15.0. The van der Waals surface area contributed by atoms with Crippen LogP contribution in [0.15, 0.2) is 18.2 Å². The number of fused-ring (bicyclic) bond motifs is 1. The van der Waals surface area contributed by atoms with Crippen molar-refractivity contribution in [3.05, 3.63) is 34.9 Å². The second kappa shape index (κ2) is 5.52. The molecule has 0 bridgehead atoms. The Labute approximate surface area is 121 Å². The van der Waals surface area contributed by atoms with Crippen LogP contribution in [0, 0.1) is 5.92 Å². The molecule has 1 aromatic carbocycles. The fraction of sp³-hybridized carbons (Fsp3) is 0.312. The van der Waals surface area contributed by atoms with Crippen molar-refractivity contribution in [1.29, 1.82) is 0 Å². The fourth-order valence-corrected chi connectivity index (χ4v) is 2.25. The van der Waals surface area contributed by atoms with Gasteiger partial charge in [-0.15, -0.1) is 0 Å². The summed E-state index contributed by atoms with van der Waals surface area (Å²) in [7, 11) is 0. The van der Waals surface area contributed by atoms with E-state index in [1.165, 1.54) is 0 Å². The van der Waals surface area contributed by atoms with Crippen molar-refractivity contribution in [1.82, 2.24) is 0 Å². The number of allylic oxidation sites excluding steroid dienone is 2. The molecule has 0 heterocycles. The van der Waals surface area contributed by atoms with Gasteiger partial charge in [0.15, 0.2) is 17.3 Å². The van der Waals surface area contributed by atoms with Crippen LogP contribution in [0.4, 0.5) is 0 Å². The van der Waals surface area contributed by atoms with Crippen molar-refractivity contribution in [2.75, 3.05) is 0 Å². The Morgan fingerprint density at radius 1 is 1.14 bits per heavy atom. The summed E-state index contributed by atoms with van der Waals surface area (Å²) in [6, 6.07) is 1.06. The highest BCUT2D eigenvalue weighted by Crippen LogP contribution is 2.37. The molecule has 1 atom stereocenters. The van der Waals surface area contributed by atoms with E-state index in [9.17, 15) is 24.6 Å². The van der Waals surface area contributed by atoms with E-state index in [-0.39, 0.29) is 34.8 Å². The van der Waals surface area contributed by atoms with Gasteiger partial charge in [0, 0.05) is 6.42 Å². The molecule has 5 heteroatoms. The van der Waals surface area contributed by atoms with Gasteiger partial charge in [0.1, 0.15) is 11.5 Å². The fourth-order valence-electron chi connectivity index (χ4n) is 2.25. The second-order valence-electron chi connectivity index (χ2n) is 5.24. The van der Waals surface area contributed by atoms with E-state index in [4.69, 9.17) is 0 Å². The van der Waals surface area contributed by atoms with Crippen LogP contribution in [0.25, 0.3) is 0 Å². The molecule has 0 aliphatic heterocycles. The smallest absolute Gasteiger partial charge is 0.190 e. The third-order valence-electron chi connectivity index (χ3n) is 3.69. The van der Waals surface area contributed by atoms with E-state index in [2.05, 4.69) is 0 Å². The number of carbonyl (C=O) groups is 3. The van der Waals surface area contributed by atoms with Crippen molar-refractivity contribution in [2.45, 2.75) is 26.7 Å². The summed E-state index contributed by atoms with van der Waals surface area (Å²) in [5, 5.41) is 20.1. The molecule has 1 unspecified atom stereocenters. The predicted molar refractivity (Wildman–Crippen MR) is 76.0 cm³/mol. The van der Waals surface area contributed by atoms with Crippen LogP contribution in [0.2, 0.25) is 0 Å². The summed E-state index contributed by atoms with van der Waals surface area (Å²) >= 11 is 0. The predicted octanol–water partition coefficient (Wildman–Crippen LogP) is 2.65. The molecule has 2 rings (SSSR count). The SMILES string of the molecule is CCC(C)CC(=O)c1cc(O)c2c(c1O)C(=O)C=CC2=O. The number of ketones is 3. The van der Waals surface area contributed by atoms with Crippen LogP contribution >= 0.6 is 0 Å². The van der Waals surface area contributed by atoms with Crippen molar-refractivity contribution < 1.29 is 24.6 Å². The molecule has 0 amide bonds. The van der Waals surface area contributed by atoms with Gasteiger partial charge in [-0.3, -0.25) is 14.4 Å². The van der Waals surface area contributed by atoms with Crippen molar-refractivity contribution in [3.63, 3.8) is 0 Å². The van der Waals surface area contributed by atoms with Gasteiger partial charge in [-0.2, -0.15) is 0 Å². The molecule has 5 nitrogen and oxygen atoms in total. The van der Waals surface area contributed by atoms with Crippen molar-refractivity contribution in [2.24, 2.45) is 5.92 Å². The van der Waals surface area contributed by atoms with E-state index in [0.29, 0.717) is 0 Å². The molecule has 21 heavy (non-hydrogen) atoms. The Kier molecular flexibility index (Phi) is 3.93. The maximum Gasteiger partial charge on any atom is 0.190 e. The summed E-state index contributed by atoms with van der Waals surface area (Å²) in [4.78, 5) is 35.7. The summed E-state index contributed by atoms with van der Waals surface area (Å²) in [5.41, 5.74) is -0.668. The molecule has 1 aliphatic carbocycles. The zero-order valence-electron chi connectivity index (χ0n) is 11.8. The number of phenolic OH excluding ortho intramolecular Hbond substituents is 2. The average Bonchev–Trinajstić information content (AvgIpc) is 2.44. The zero-order chi connectivity index (χ0) is 15.7. The molecule has 0 fully saturated rings. The first-order valence-corrected chi connectivity index (χ1v) is 6.75. The Hall–Kier alpha value is -2.43. The summed E-state index contributed by atoms with van der Waals surface area (Å²) < 4.78 is 0. The molecule has 1 aliphatic rings. The van der Waals surface area contributed by atoms with Crippen LogP contribution in [0.1, 0.15) is 57.8 Å². The van der Waals surface area contributed by atoms with Crippen LogP contribution in [0.3, 0.4) is 0 Å². The number of phenols is 2. The largest absolute Gasteiger partial charge is 0.507 e. The maximum atomic E-state index is 12.2. The van der Waals surface area contributed by atoms with Gasteiger partial charge < -0.3 is 10.2 Å². The number of rotatable bonds is 4. The lowest BCUT2D eigenvalue weighted by molar-refractivity contribution is 0.0956. The summed E-state index contributed by atoms with van der Waals surface area (Å²) in [6.45, 7) is 3.83. The molecule has 0 spiro atoms. The van der Waals surface area contributed by atoms with E-state index < -0.39 is 23.1 Å². The Bertz CT molecular complexity index is 670. The molecule has 0 aromatic heterocycles. The minimum absolute atomic E-state index is 0.118. The molecule has 0 saturated heterocycles. The highest BCUT2D eigenvalue weighted by Gasteiger charge is 2.30. The topological polar surface area (TPSA) is 91.7 Å².